The molecule has 2 rings (SSSR count). The number of aldehydes is 1. The lowest BCUT2D eigenvalue weighted by Gasteiger charge is -1.86. The summed E-state index contributed by atoms with van der Waals surface area (Å²) in [5.74, 6) is 0.468. The highest BCUT2D eigenvalue weighted by atomic mass is 32.1. The van der Waals surface area contributed by atoms with E-state index in [0.717, 1.165) is 11.3 Å². The standard InChI is InChI=1S/C8H5N3O3S/c12-4-5-3-9-8(10-5)6-1-2-7(15-6)11(13)14/h1-4H,(H,9,10). The van der Waals surface area contributed by atoms with E-state index in [1.807, 2.05) is 0 Å². The first-order valence-corrected chi connectivity index (χ1v) is 4.77. The van der Waals surface area contributed by atoms with Crippen molar-refractivity contribution < 1.29 is 9.72 Å². The van der Waals surface area contributed by atoms with Crippen LogP contribution in [0.1, 0.15) is 10.5 Å². The molecule has 0 fully saturated rings. The first-order chi connectivity index (χ1) is 7.20. The van der Waals surface area contributed by atoms with Gasteiger partial charge in [-0.15, -0.1) is 0 Å². The molecule has 1 N–H and O–H groups in total. The molecule has 2 heterocycles. The summed E-state index contributed by atoms with van der Waals surface area (Å²) in [5, 5.41) is 10.5. The summed E-state index contributed by atoms with van der Waals surface area (Å²) in [6, 6.07) is 3.00. The molecular formula is C8H5N3O3S. The van der Waals surface area contributed by atoms with Gasteiger partial charge in [0.05, 0.1) is 21.7 Å². The van der Waals surface area contributed by atoms with E-state index < -0.39 is 4.92 Å². The lowest BCUT2D eigenvalue weighted by Crippen LogP contribution is -1.80. The van der Waals surface area contributed by atoms with E-state index in [2.05, 4.69) is 9.97 Å². The van der Waals surface area contributed by atoms with Crippen LogP contribution < -0.4 is 0 Å². The zero-order valence-corrected chi connectivity index (χ0v) is 8.15. The number of H-pyrrole nitrogens is 1. The van der Waals surface area contributed by atoms with E-state index >= 15 is 0 Å². The van der Waals surface area contributed by atoms with Gasteiger partial charge in [-0.05, 0) is 6.07 Å². The molecule has 0 aliphatic heterocycles. The van der Waals surface area contributed by atoms with Gasteiger partial charge in [-0.3, -0.25) is 14.9 Å². The molecule has 0 aromatic carbocycles. The molecule has 0 saturated carbocycles. The number of rotatable bonds is 3. The van der Waals surface area contributed by atoms with Crippen LogP contribution >= 0.6 is 11.3 Å². The maximum Gasteiger partial charge on any atom is 0.324 e. The highest BCUT2D eigenvalue weighted by Crippen LogP contribution is 2.30. The number of hydrogen-bond donors (Lipinski definition) is 1. The summed E-state index contributed by atoms with van der Waals surface area (Å²) in [6.45, 7) is 0. The number of carbonyl (C=O) groups is 1. The molecule has 0 aliphatic rings. The Morgan fingerprint density at radius 2 is 2.33 bits per heavy atom. The second-order valence-corrected chi connectivity index (χ2v) is 3.76. The van der Waals surface area contributed by atoms with Crippen LogP contribution in [0.5, 0.6) is 0 Å². The highest BCUT2D eigenvalue weighted by Gasteiger charge is 2.12. The Kier molecular flexibility index (Phi) is 2.30. The second kappa shape index (κ2) is 3.62. The van der Waals surface area contributed by atoms with Crippen molar-refractivity contribution in [2.75, 3.05) is 0 Å². The van der Waals surface area contributed by atoms with Gasteiger partial charge >= 0.3 is 5.00 Å². The predicted octanol–water partition coefficient (Wildman–Crippen LogP) is 1.86. The molecule has 0 unspecified atom stereocenters. The number of aromatic amines is 1. The molecule has 0 spiro atoms. The first kappa shape index (κ1) is 9.53. The average molecular weight is 223 g/mol. The number of carbonyl (C=O) groups excluding carboxylic acids is 1. The minimum Gasteiger partial charge on any atom is -0.335 e. The van der Waals surface area contributed by atoms with Crippen LogP contribution in [0.4, 0.5) is 5.00 Å². The Hall–Kier alpha value is -2.02. The summed E-state index contributed by atoms with van der Waals surface area (Å²) in [7, 11) is 0. The Labute approximate surface area is 87.7 Å². The van der Waals surface area contributed by atoms with E-state index in [9.17, 15) is 14.9 Å². The normalized spacial score (nSPS) is 10.1. The molecule has 0 radical (unpaired) electrons. The Balaban J connectivity index is 2.36. The Morgan fingerprint density at radius 3 is 2.87 bits per heavy atom. The number of thiophene rings is 1. The fourth-order valence-corrected chi connectivity index (χ4v) is 1.85. The van der Waals surface area contributed by atoms with Crippen molar-refractivity contribution in [1.29, 1.82) is 0 Å². The van der Waals surface area contributed by atoms with Gasteiger partial charge in [0.2, 0.25) is 0 Å². The Morgan fingerprint density at radius 1 is 1.53 bits per heavy atom. The molecule has 6 nitrogen and oxygen atoms in total. The monoisotopic (exact) mass is 223 g/mol. The van der Waals surface area contributed by atoms with Gasteiger partial charge < -0.3 is 4.98 Å². The van der Waals surface area contributed by atoms with Crippen LogP contribution in [0.3, 0.4) is 0 Å². The molecular weight excluding hydrogens is 218 g/mol. The van der Waals surface area contributed by atoms with E-state index in [0.29, 0.717) is 22.7 Å². The molecule has 15 heavy (non-hydrogen) atoms. The third-order valence-electron chi connectivity index (χ3n) is 1.73. The molecule has 2 aromatic heterocycles. The summed E-state index contributed by atoms with van der Waals surface area (Å²) >= 11 is 1.01. The van der Waals surface area contributed by atoms with Gasteiger partial charge in [0.1, 0.15) is 5.82 Å². The maximum atomic E-state index is 10.4. The molecule has 0 bridgehead atoms. The van der Waals surface area contributed by atoms with Gasteiger partial charge in [-0.2, -0.15) is 0 Å². The van der Waals surface area contributed by atoms with E-state index in [-0.39, 0.29) is 5.00 Å². The van der Waals surface area contributed by atoms with Crippen molar-refractivity contribution in [2.24, 2.45) is 0 Å². The van der Waals surface area contributed by atoms with Crippen LogP contribution in [-0.4, -0.2) is 21.2 Å². The van der Waals surface area contributed by atoms with Crippen LogP contribution in [0.15, 0.2) is 18.3 Å². The lowest BCUT2D eigenvalue weighted by molar-refractivity contribution is -0.380. The topological polar surface area (TPSA) is 88.9 Å². The van der Waals surface area contributed by atoms with Gasteiger partial charge in [0.25, 0.3) is 0 Å². The number of hydrogen-bond acceptors (Lipinski definition) is 5. The van der Waals surface area contributed by atoms with Gasteiger partial charge in [0, 0.05) is 6.07 Å². The average Bonchev–Trinajstić information content (AvgIpc) is 2.86. The van der Waals surface area contributed by atoms with E-state index in [4.69, 9.17) is 0 Å². The number of nitrogens with zero attached hydrogens (tertiary/aromatic N) is 2. The molecule has 7 heteroatoms. The molecule has 0 amide bonds. The third-order valence-corrected chi connectivity index (χ3v) is 2.77. The minimum absolute atomic E-state index is 0.0500. The third kappa shape index (κ3) is 1.77. The first-order valence-electron chi connectivity index (χ1n) is 3.95. The van der Waals surface area contributed by atoms with E-state index in [1.54, 1.807) is 6.07 Å². The summed E-state index contributed by atoms with van der Waals surface area (Å²) in [5.41, 5.74) is 0.348. The van der Waals surface area contributed by atoms with Crippen LogP contribution in [-0.2, 0) is 0 Å². The van der Waals surface area contributed by atoms with Crippen molar-refractivity contribution in [3.63, 3.8) is 0 Å². The van der Waals surface area contributed by atoms with Gasteiger partial charge in [-0.25, -0.2) is 4.98 Å². The van der Waals surface area contributed by atoms with Gasteiger partial charge in [-0.1, -0.05) is 11.3 Å². The smallest absolute Gasteiger partial charge is 0.324 e. The minimum atomic E-state index is -0.461. The largest absolute Gasteiger partial charge is 0.335 e. The molecule has 2 aromatic rings. The number of nitro groups is 1. The zero-order chi connectivity index (χ0) is 10.8. The summed E-state index contributed by atoms with van der Waals surface area (Å²) in [6.07, 6.45) is 2.02. The number of aromatic nitrogens is 2. The Bertz CT molecular complexity index is 517. The molecule has 0 saturated heterocycles. The van der Waals surface area contributed by atoms with E-state index in [1.165, 1.54) is 12.3 Å². The summed E-state index contributed by atoms with van der Waals surface area (Å²) < 4.78 is 0. The van der Waals surface area contributed by atoms with Crippen molar-refractivity contribution in [3.8, 4) is 10.7 Å². The van der Waals surface area contributed by atoms with Crippen molar-refractivity contribution in [2.45, 2.75) is 0 Å². The molecule has 76 valence electrons. The maximum absolute atomic E-state index is 10.4. The SMILES string of the molecule is O=Cc1cnc(-c2ccc([N+](=O)[O-])s2)[nH]1. The fraction of sp³-hybridized carbons (Fsp3) is 0. The van der Waals surface area contributed by atoms with Gasteiger partial charge in [0.15, 0.2) is 6.29 Å². The number of imidazole rings is 1. The fourth-order valence-electron chi connectivity index (χ4n) is 1.07. The van der Waals surface area contributed by atoms with Crippen LogP contribution in [0.25, 0.3) is 10.7 Å². The second-order valence-electron chi connectivity index (χ2n) is 2.70. The number of nitrogens with one attached hydrogen (secondary N) is 1. The van der Waals surface area contributed by atoms with Crippen molar-refractivity contribution in [3.05, 3.63) is 34.1 Å². The van der Waals surface area contributed by atoms with Crippen molar-refractivity contribution >= 4 is 22.6 Å². The zero-order valence-electron chi connectivity index (χ0n) is 7.34. The predicted molar refractivity (Wildman–Crippen MR) is 53.9 cm³/mol. The van der Waals surface area contributed by atoms with Crippen molar-refractivity contribution in [1.82, 2.24) is 9.97 Å². The molecule has 0 aliphatic carbocycles. The van der Waals surface area contributed by atoms with Crippen LogP contribution in [0.2, 0.25) is 0 Å². The lowest BCUT2D eigenvalue weighted by atomic mass is 10.4. The molecule has 0 atom stereocenters. The summed E-state index contributed by atoms with van der Waals surface area (Å²) in [4.78, 5) is 27.7. The quantitative estimate of drug-likeness (QED) is 0.488. The highest BCUT2D eigenvalue weighted by molar-refractivity contribution is 7.18. The van der Waals surface area contributed by atoms with Crippen LogP contribution in [0, 0.1) is 10.1 Å².